The predicted molar refractivity (Wildman–Crippen MR) is 101 cm³/mol. The Morgan fingerprint density at radius 1 is 1.19 bits per heavy atom. The Morgan fingerprint density at radius 3 is 2.62 bits per heavy atom. The molecule has 26 heavy (non-hydrogen) atoms. The molecule has 1 aromatic rings. The lowest BCUT2D eigenvalue weighted by Crippen LogP contribution is -2.52. The lowest BCUT2D eigenvalue weighted by molar-refractivity contribution is -0.127. The van der Waals surface area contributed by atoms with Gasteiger partial charge >= 0.3 is 0 Å². The fourth-order valence-corrected chi connectivity index (χ4v) is 3.06. The zero-order chi connectivity index (χ0) is 18.9. The largest absolute Gasteiger partial charge is 0.354 e. The third-order valence-corrected chi connectivity index (χ3v) is 4.76. The predicted octanol–water partition coefficient (Wildman–Crippen LogP) is 2.10. The third-order valence-electron chi connectivity index (χ3n) is 4.76. The molecule has 6 nitrogen and oxygen atoms in total. The number of nitrogens with zero attached hydrogens (tertiary/aromatic N) is 1. The van der Waals surface area contributed by atoms with Gasteiger partial charge in [0.1, 0.15) is 6.04 Å². The van der Waals surface area contributed by atoms with E-state index in [-0.39, 0.29) is 36.7 Å². The Hall–Kier alpha value is -2.37. The number of likely N-dealkylation sites (tertiary alicyclic amines) is 1. The van der Waals surface area contributed by atoms with E-state index in [4.69, 9.17) is 0 Å². The van der Waals surface area contributed by atoms with E-state index < -0.39 is 6.04 Å². The second-order valence-corrected chi connectivity index (χ2v) is 6.79. The lowest BCUT2D eigenvalue weighted by atomic mass is 10.00. The molecular formula is C20H29N3O3. The fourth-order valence-electron chi connectivity index (χ4n) is 3.06. The number of piperidine rings is 1. The van der Waals surface area contributed by atoms with Gasteiger partial charge in [0.25, 0.3) is 5.91 Å². The van der Waals surface area contributed by atoms with Crippen molar-refractivity contribution in [2.75, 3.05) is 13.1 Å². The molecule has 2 unspecified atom stereocenters. The molecule has 6 heteroatoms. The molecule has 1 saturated heterocycles. The minimum Gasteiger partial charge on any atom is -0.354 e. The van der Waals surface area contributed by atoms with E-state index in [9.17, 15) is 14.4 Å². The SMILES string of the molecule is CCC(C)NC(=O)CCNC(=O)C1CCCCN1C(=O)c1ccccc1. The second-order valence-electron chi connectivity index (χ2n) is 6.79. The van der Waals surface area contributed by atoms with Crippen molar-refractivity contribution < 1.29 is 14.4 Å². The van der Waals surface area contributed by atoms with Crippen LogP contribution in [-0.4, -0.2) is 47.8 Å². The Morgan fingerprint density at radius 2 is 1.92 bits per heavy atom. The third kappa shape index (κ3) is 5.58. The van der Waals surface area contributed by atoms with Gasteiger partial charge in [-0.2, -0.15) is 0 Å². The van der Waals surface area contributed by atoms with Crippen LogP contribution in [0.25, 0.3) is 0 Å². The van der Waals surface area contributed by atoms with Crippen molar-refractivity contribution in [3.05, 3.63) is 35.9 Å². The first-order valence-corrected chi connectivity index (χ1v) is 9.46. The summed E-state index contributed by atoms with van der Waals surface area (Å²) in [5.74, 6) is -0.356. The molecule has 1 aromatic carbocycles. The molecule has 142 valence electrons. The van der Waals surface area contributed by atoms with Gasteiger partial charge in [-0.1, -0.05) is 25.1 Å². The summed E-state index contributed by atoms with van der Waals surface area (Å²) in [5.41, 5.74) is 0.597. The van der Waals surface area contributed by atoms with E-state index in [0.717, 1.165) is 19.3 Å². The maximum atomic E-state index is 12.7. The molecule has 0 saturated carbocycles. The molecular weight excluding hydrogens is 330 g/mol. The standard InChI is InChI=1S/C20H29N3O3/c1-3-15(2)22-18(24)12-13-21-19(25)17-11-7-8-14-23(17)20(26)16-9-5-4-6-10-16/h4-6,9-10,15,17H,3,7-8,11-14H2,1-2H3,(H,21,25)(H,22,24). The van der Waals surface area contributed by atoms with Crippen molar-refractivity contribution >= 4 is 17.7 Å². The average molecular weight is 359 g/mol. The van der Waals surface area contributed by atoms with Crippen LogP contribution in [0.3, 0.4) is 0 Å². The van der Waals surface area contributed by atoms with Gasteiger partial charge < -0.3 is 15.5 Å². The minimum atomic E-state index is -0.464. The van der Waals surface area contributed by atoms with Gasteiger partial charge in [-0.25, -0.2) is 0 Å². The van der Waals surface area contributed by atoms with Crippen molar-refractivity contribution in [1.82, 2.24) is 15.5 Å². The molecule has 2 atom stereocenters. The zero-order valence-corrected chi connectivity index (χ0v) is 15.7. The summed E-state index contributed by atoms with van der Waals surface area (Å²) >= 11 is 0. The number of hydrogen-bond donors (Lipinski definition) is 2. The van der Waals surface area contributed by atoms with Crippen LogP contribution >= 0.6 is 0 Å². The van der Waals surface area contributed by atoms with E-state index >= 15 is 0 Å². The first-order chi connectivity index (χ1) is 12.5. The monoisotopic (exact) mass is 359 g/mol. The van der Waals surface area contributed by atoms with Crippen LogP contribution in [0.2, 0.25) is 0 Å². The van der Waals surface area contributed by atoms with Crippen LogP contribution in [0, 0.1) is 0 Å². The van der Waals surface area contributed by atoms with Crippen LogP contribution < -0.4 is 10.6 Å². The lowest BCUT2D eigenvalue weighted by Gasteiger charge is -2.34. The molecule has 0 aliphatic carbocycles. The molecule has 1 fully saturated rings. The van der Waals surface area contributed by atoms with E-state index in [1.165, 1.54) is 0 Å². The highest BCUT2D eigenvalue weighted by Crippen LogP contribution is 2.20. The number of nitrogens with one attached hydrogen (secondary N) is 2. The molecule has 2 rings (SSSR count). The number of rotatable bonds is 7. The Kier molecular flexibility index (Phi) is 7.63. The number of benzene rings is 1. The zero-order valence-electron chi connectivity index (χ0n) is 15.7. The average Bonchev–Trinajstić information content (AvgIpc) is 2.67. The maximum Gasteiger partial charge on any atom is 0.254 e. The van der Waals surface area contributed by atoms with E-state index in [1.54, 1.807) is 17.0 Å². The van der Waals surface area contributed by atoms with Crippen molar-refractivity contribution in [2.24, 2.45) is 0 Å². The first-order valence-electron chi connectivity index (χ1n) is 9.46. The highest BCUT2D eigenvalue weighted by Gasteiger charge is 2.32. The van der Waals surface area contributed by atoms with Gasteiger partial charge in [-0.3, -0.25) is 14.4 Å². The molecule has 1 aliphatic heterocycles. The van der Waals surface area contributed by atoms with E-state index in [0.29, 0.717) is 18.5 Å². The molecule has 3 amide bonds. The smallest absolute Gasteiger partial charge is 0.254 e. The molecule has 2 N–H and O–H groups in total. The Labute approximate surface area is 155 Å². The van der Waals surface area contributed by atoms with Crippen LogP contribution in [0.4, 0.5) is 0 Å². The van der Waals surface area contributed by atoms with Crippen LogP contribution in [0.1, 0.15) is 56.3 Å². The van der Waals surface area contributed by atoms with E-state index in [2.05, 4.69) is 10.6 Å². The van der Waals surface area contributed by atoms with Gasteiger partial charge in [0.2, 0.25) is 11.8 Å². The maximum absolute atomic E-state index is 12.7. The second kappa shape index (κ2) is 9.94. The molecule has 0 radical (unpaired) electrons. The summed E-state index contributed by atoms with van der Waals surface area (Å²) in [6, 6.07) is 8.71. The molecule has 1 aliphatic rings. The van der Waals surface area contributed by atoms with Crippen LogP contribution in [0.15, 0.2) is 30.3 Å². The number of carbonyl (C=O) groups is 3. The normalized spacial score (nSPS) is 18.1. The summed E-state index contributed by atoms with van der Waals surface area (Å²) in [7, 11) is 0. The van der Waals surface area contributed by atoms with Crippen LogP contribution in [0.5, 0.6) is 0 Å². The first kappa shape index (κ1) is 19.9. The quantitative estimate of drug-likeness (QED) is 0.783. The highest BCUT2D eigenvalue weighted by molar-refractivity contribution is 5.97. The van der Waals surface area contributed by atoms with Crippen molar-refractivity contribution in [3.8, 4) is 0 Å². The Balaban J connectivity index is 1.89. The van der Waals surface area contributed by atoms with Crippen molar-refractivity contribution in [3.63, 3.8) is 0 Å². The van der Waals surface area contributed by atoms with Gasteiger partial charge in [-0.15, -0.1) is 0 Å². The summed E-state index contributed by atoms with van der Waals surface area (Å²) < 4.78 is 0. The summed E-state index contributed by atoms with van der Waals surface area (Å²) in [6.45, 7) is 4.82. The van der Waals surface area contributed by atoms with Gasteiger partial charge in [0, 0.05) is 31.1 Å². The van der Waals surface area contributed by atoms with Gasteiger partial charge in [-0.05, 0) is 44.7 Å². The summed E-state index contributed by atoms with van der Waals surface area (Å²) in [6.07, 6.45) is 3.60. The highest BCUT2D eigenvalue weighted by atomic mass is 16.2. The van der Waals surface area contributed by atoms with Crippen molar-refractivity contribution in [1.29, 1.82) is 0 Å². The van der Waals surface area contributed by atoms with Crippen LogP contribution in [-0.2, 0) is 9.59 Å². The van der Waals surface area contributed by atoms with Gasteiger partial charge in [0.15, 0.2) is 0 Å². The number of hydrogen-bond acceptors (Lipinski definition) is 3. The molecule has 0 aromatic heterocycles. The molecule has 0 spiro atoms. The topological polar surface area (TPSA) is 78.5 Å². The molecule has 0 bridgehead atoms. The van der Waals surface area contributed by atoms with E-state index in [1.807, 2.05) is 32.0 Å². The number of carbonyl (C=O) groups excluding carboxylic acids is 3. The minimum absolute atomic E-state index is 0.0690. The summed E-state index contributed by atoms with van der Waals surface area (Å²) in [5, 5.41) is 5.69. The fraction of sp³-hybridized carbons (Fsp3) is 0.550. The Bertz CT molecular complexity index is 618. The number of amides is 3. The molecule has 1 heterocycles. The van der Waals surface area contributed by atoms with Gasteiger partial charge in [0.05, 0.1) is 0 Å². The summed E-state index contributed by atoms with van der Waals surface area (Å²) in [4.78, 5) is 38.8. The van der Waals surface area contributed by atoms with Crippen molar-refractivity contribution in [2.45, 2.75) is 58.0 Å².